The van der Waals surface area contributed by atoms with Gasteiger partial charge < -0.3 is 0 Å². The van der Waals surface area contributed by atoms with E-state index in [1.807, 2.05) is 69.3 Å². The number of hydrogen-bond donors (Lipinski definition) is 0. The van der Waals surface area contributed by atoms with E-state index in [9.17, 15) is 0 Å². The third-order valence-corrected chi connectivity index (χ3v) is 12.9. The molecule has 2 unspecified atom stereocenters. The molecule has 2 atom stereocenters. The molecule has 5 aromatic rings. The highest BCUT2D eigenvalue weighted by molar-refractivity contribution is 5.91. The van der Waals surface area contributed by atoms with Gasteiger partial charge in [0.15, 0.2) is 0 Å². The minimum Gasteiger partial charge on any atom is -0.0991 e. The zero-order valence-electron chi connectivity index (χ0n) is 45.3. The van der Waals surface area contributed by atoms with Crippen LogP contribution in [0.15, 0.2) is 219 Å². The van der Waals surface area contributed by atoms with Crippen LogP contribution in [0.5, 0.6) is 0 Å². The van der Waals surface area contributed by atoms with E-state index in [1.165, 1.54) is 89.1 Å². The van der Waals surface area contributed by atoms with Crippen molar-refractivity contribution >= 4 is 12.2 Å². The molecule has 0 saturated carbocycles. The molecule has 0 amide bonds. The molecule has 0 radical (unpaired) electrons. The number of fused-ring (bicyclic) bond motifs is 3. The van der Waals surface area contributed by atoms with Crippen molar-refractivity contribution in [2.24, 2.45) is 5.92 Å². The first kappa shape index (κ1) is 58.6. The third-order valence-electron chi connectivity index (χ3n) is 12.9. The minimum absolute atomic E-state index is 0.0734. The summed E-state index contributed by atoms with van der Waals surface area (Å²) >= 11 is 0. The molecule has 5 aromatic carbocycles. The Hall–Kier alpha value is -6.50. The van der Waals surface area contributed by atoms with Gasteiger partial charge in [-0.3, -0.25) is 0 Å². The Balaban J connectivity index is 0.000000449. The molecule has 0 aliphatic heterocycles. The molecule has 0 bridgehead atoms. The Bertz CT molecular complexity index is 2590. The molecular weight excluding hydrogens is 829 g/mol. The van der Waals surface area contributed by atoms with Crippen LogP contribution in [0, 0.1) is 26.7 Å². The quantitative estimate of drug-likeness (QED) is 0.0974. The molecule has 1 aliphatic carbocycles. The Morgan fingerprint density at radius 1 is 0.652 bits per heavy atom. The van der Waals surface area contributed by atoms with Gasteiger partial charge in [0.1, 0.15) is 0 Å². The summed E-state index contributed by atoms with van der Waals surface area (Å²) in [6.45, 7) is 50.1. The number of rotatable bonds is 14. The number of benzene rings is 5. The molecule has 0 heteroatoms. The van der Waals surface area contributed by atoms with Crippen molar-refractivity contribution in [1.82, 2.24) is 0 Å². The third kappa shape index (κ3) is 16.0. The summed E-state index contributed by atoms with van der Waals surface area (Å²) in [6.07, 6.45) is 22.3. The standard InChI is InChI=1S/C40H50.C13H12.C7H8.C7H10.C2H6/c1-13-19-30(20-14-2)29(10)35(21-15-3)33(17-5)28(9)27(8)31-22-23-36-37(25-31)40(11,12)38-24-26(7)32(16-4)34(18-6)39(36)38;1-11-7-9-13(10-8-11)12-5-3-2-4-6-12;1-7-5-3-2-4-6-7;1-4-6-7(3)5-2;1-2/h13-14,16-20,22-25,27-28H,1,4,6,15,21H2,2-3,5,7-12H3;2-10H,1H3;2-6H,1H3;4-6H,1-2H2,3H3;1-2H3/b20-14-,30-19+,33-17-,35-29+;;;7-6-;. The van der Waals surface area contributed by atoms with E-state index < -0.39 is 0 Å². The predicted octanol–water partition coefficient (Wildman–Crippen LogP) is 21.1. The number of hydrogen-bond acceptors (Lipinski definition) is 0. The van der Waals surface area contributed by atoms with Gasteiger partial charge in [-0.05, 0) is 145 Å². The van der Waals surface area contributed by atoms with E-state index in [2.05, 4.69) is 218 Å². The fourth-order valence-corrected chi connectivity index (χ4v) is 8.87. The Morgan fingerprint density at radius 3 is 1.67 bits per heavy atom. The van der Waals surface area contributed by atoms with E-state index in [-0.39, 0.29) is 5.41 Å². The van der Waals surface area contributed by atoms with Crippen LogP contribution in [0.25, 0.3) is 34.4 Å². The van der Waals surface area contributed by atoms with Gasteiger partial charge in [0.05, 0.1) is 0 Å². The predicted molar refractivity (Wildman–Crippen MR) is 314 cm³/mol. The molecule has 362 valence electrons. The van der Waals surface area contributed by atoms with Crippen LogP contribution >= 0.6 is 0 Å². The SMILES string of the molecule is C=C/C=C(/C)C=C.C=C/C=C(\C=C/C)C(/C)=C(CCC)/C(=C\C)C(C)C(C)c1ccc2c(c1)C(C)(C)c1cc(C)c(C=C)c(C=C)c1-2.CC.Cc1ccc(-c2ccccc2)cc1.Cc1ccccc1. The van der Waals surface area contributed by atoms with Gasteiger partial charge in [0.2, 0.25) is 0 Å². The Kier molecular flexibility index (Phi) is 25.6. The Labute approximate surface area is 422 Å². The maximum atomic E-state index is 4.19. The summed E-state index contributed by atoms with van der Waals surface area (Å²) in [6, 6.07) is 38.9. The van der Waals surface area contributed by atoms with Gasteiger partial charge in [-0.1, -0.05) is 274 Å². The molecule has 0 spiro atoms. The van der Waals surface area contributed by atoms with Crippen LogP contribution < -0.4 is 0 Å². The van der Waals surface area contributed by atoms with Crippen LogP contribution in [0.2, 0.25) is 0 Å². The van der Waals surface area contributed by atoms with E-state index >= 15 is 0 Å². The molecule has 1 aliphatic rings. The molecule has 69 heavy (non-hydrogen) atoms. The highest BCUT2D eigenvalue weighted by atomic mass is 14.4. The molecule has 0 saturated heterocycles. The summed E-state index contributed by atoms with van der Waals surface area (Å²) in [5, 5.41) is 0. The smallest absolute Gasteiger partial charge is 0.0159 e. The van der Waals surface area contributed by atoms with Crippen molar-refractivity contribution < 1.29 is 0 Å². The van der Waals surface area contributed by atoms with E-state index in [1.54, 1.807) is 12.2 Å². The largest absolute Gasteiger partial charge is 0.0991 e. The second kappa shape index (κ2) is 30.1. The molecule has 0 nitrogen and oxygen atoms in total. The normalized spacial score (nSPS) is 13.6. The zero-order valence-corrected chi connectivity index (χ0v) is 45.3. The van der Waals surface area contributed by atoms with Crippen molar-refractivity contribution in [3.05, 3.63) is 263 Å². The lowest BCUT2D eigenvalue weighted by Gasteiger charge is -2.28. The van der Waals surface area contributed by atoms with Crippen molar-refractivity contribution in [2.75, 3.05) is 0 Å². The van der Waals surface area contributed by atoms with Crippen molar-refractivity contribution in [3.63, 3.8) is 0 Å². The van der Waals surface area contributed by atoms with Crippen LogP contribution in [-0.2, 0) is 5.41 Å². The van der Waals surface area contributed by atoms with E-state index in [4.69, 9.17) is 0 Å². The summed E-state index contributed by atoms with van der Waals surface area (Å²) < 4.78 is 0. The molecule has 0 aromatic heterocycles. The molecule has 0 N–H and O–H groups in total. The molecule has 6 rings (SSSR count). The lowest BCUT2D eigenvalue weighted by atomic mass is 9.76. The summed E-state index contributed by atoms with van der Waals surface area (Å²) in [5.41, 5.74) is 22.3. The summed E-state index contributed by atoms with van der Waals surface area (Å²) in [4.78, 5) is 0. The second-order valence-electron chi connectivity index (χ2n) is 18.1. The fraction of sp³-hybridized carbons (Fsp3) is 0.275. The van der Waals surface area contributed by atoms with Crippen molar-refractivity contribution in [1.29, 1.82) is 0 Å². The summed E-state index contributed by atoms with van der Waals surface area (Å²) in [7, 11) is 0. The molecule has 0 heterocycles. The fourth-order valence-electron chi connectivity index (χ4n) is 8.87. The molecular formula is C69H86. The number of aryl methyl sites for hydroxylation is 3. The van der Waals surface area contributed by atoms with Crippen LogP contribution in [0.3, 0.4) is 0 Å². The highest BCUT2D eigenvalue weighted by Gasteiger charge is 2.38. The highest BCUT2D eigenvalue weighted by Crippen LogP contribution is 2.53. The topological polar surface area (TPSA) is 0 Å². The van der Waals surface area contributed by atoms with Crippen LogP contribution in [0.1, 0.15) is 139 Å². The van der Waals surface area contributed by atoms with Crippen LogP contribution in [-0.4, -0.2) is 0 Å². The van der Waals surface area contributed by atoms with Gasteiger partial charge in [-0.2, -0.15) is 0 Å². The van der Waals surface area contributed by atoms with Crippen molar-refractivity contribution in [2.45, 2.75) is 121 Å². The Morgan fingerprint density at radius 2 is 1.20 bits per heavy atom. The van der Waals surface area contributed by atoms with Gasteiger partial charge >= 0.3 is 0 Å². The zero-order chi connectivity index (χ0) is 51.7. The second-order valence-corrected chi connectivity index (χ2v) is 18.1. The summed E-state index contributed by atoms with van der Waals surface area (Å²) in [5.74, 6) is 0.744. The van der Waals surface area contributed by atoms with Gasteiger partial charge in [-0.25, -0.2) is 0 Å². The average molecular weight is 915 g/mol. The monoisotopic (exact) mass is 915 g/mol. The van der Waals surface area contributed by atoms with E-state index in [0.29, 0.717) is 11.8 Å². The number of allylic oxidation sites excluding steroid dienone is 13. The minimum atomic E-state index is -0.0734. The first-order valence-electron chi connectivity index (χ1n) is 25.1. The maximum absolute atomic E-state index is 4.19. The van der Waals surface area contributed by atoms with Gasteiger partial charge in [0.25, 0.3) is 0 Å². The maximum Gasteiger partial charge on any atom is 0.0159 e. The lowest BCUT2D eigenvalue weighted by Crippen LogP contribution is -2.17. The van der Waals surface area contributed by atoms with E-state index in [0.717, 1.165) is 18.4 Å². The first-order chi connectivity index (χ1) is 33.1. The average Bonchev–Trinajstić information content (AvgIpc) is 3.59. The van der Waals surface area contributed by atoms with Gasteiger partial charge in [0, 0.05) is 5.41 Å². The molecule has 0 fully saturated rings. The first-order valence-corrected chi connectivity index (χ1v) is 25.1. The van der Waals surface area contributed by atoms with Crippen molar-refractivity contribution in [3.8, 4) is 22.3 Å². The van der Waals surface area contributed by atoms with Crippen LogP contribution in [0.4, 0.5) is 0 Å². The lowest BCUT2D eigenvalue weighted by molar-refractivity contribution is 0.557. The van der Waals surface area contributed by atoms with Gasteiger partial charge in [-0.15, -0.1) is 0 Å².